The fourth-order valence-electron chi connectivity index (χ4n) is 2.40. The first-order valence-corrected chi connectivity index (χ1v) is 7.60. The van der Waals surface area contributed by atoms with Gasteiger partial charge in [0.15, 0.2) is 0 Å². The molecule has 0 bridgehead atoms. The van der Waals surface area contributed by atoms with Crippen LogP contribution < -0.4 is 10.1 Å². The van der Waals surface area contributed by atoms with Gasteiger partial charge in [0.25, 0.3) is 0 Å². The monoisotopic (exact) mass is 303 g/mol. The molecular formula is C18H22ClNO. The van der Waals surface area contributed by atoms with Gasteiger partial charge >= 0.3 is 0 Å². The third-order valence-corrected chi connectivity index (χ3v) is 4.16. The topological polar surface area (TPSA) is 21.3 Å². The van der Waals surface area contributed by atoms with Crippen molar-refractivity contribution in [1.29, 1.82) is 0 Å². The van der Waals surface area contributed by atoms with Gasteiger partial charge in [-0.2, -0.15) is 0 Å². The van der Waals surface area contributed by atoms with Gasteiger partial charge in [0.05, 0.1) is 7.11 Å². The summed E-state index contributed by atoms with van der Waals surface area (Å²) in [6, 6.07) is 10.4. The molecule has 2 nitrogen and oxygen atoms in total. The van der Waals surface area contributed by atoms with E-state index in [1.165, 1.54) is 11.1 Å². The van der Waals surface area contributed by atoms with Crippen molar-refractivity contribution in [3.05, 3.63) is 52.0 Å². The summed E-state index contributed by atoms with van der Waals surface area (Å²) in [5, 5.41) is 4.08. The van der Waals surface area contributed by atoms with Crippen molar-refractivity contribution in [2.75, 3.05) is 13.7 Å². The summed E-state index contributed by atoms with van der Waals surface area (Å²) in [7, 11) is 1.71. The molecule has 0 aliphatic heterocycles. The summed E-state index contributed by atoms with van der Waals surface area (Å²) >= 11 is 6.40. The molecule has 0 heterocycles. The van der Waals surface area contributed by atoms with E-state index < -0.39 is 0 Å². The Kier molecular flexibility index (Phi) is 5.27. The van der Waals surface area contributed by atoms with E-state index >= 15 is 0 Å². The number of rotatable bonds is 5. The molecule has 0 aliphatic carbocycles. The average molecular weight is 304 g/mol. The second kappa shape index (κ2) is 6.97. The Morgan fingerprint density at radius 2 is 1.90 bits per heavy atom. The average Bonchev–Trinajstić information content (AvgIpc) is 2.48. The molecule has 2 aromatic rings. The zero-order valence-electron chi connectivity index (χ0n) is 13.1. The van der Waals surface area contributed by atoms with Gasteiger partial charge in [-0.1, -0.05) is 42.8 Å². The van der Waals surface area contributed by atoms with Gasteiger partial charge in [-0.05, 0) is 48.7 Å². The Bertz CT molecular complexity index is 637. The molecular weight excluding hydrogens is 282 g/mol. The van der Waals surface area contributed by atoms with Crippen molar-refractivity contribution in [3.8, 4) is 16.9 Å². The Morgan fingerprint density at radius 3 is 2.52 bits per heavy atom. The third-order valence-electron chi connectivity index (χ3n) is 3.81. The molecule has 0 atom stereocenters. The maximum Gasteiger partial charge on any atom is 0.129 e. The lowest BCUT2D eigenvalue weighted by molar-refractivity contribution is 0.413. The van der Waals surface area contributed by atoms with Crippen LogP contribution >= 0.6 is 11.6 Å². The van der Waals surface area contributed by atoms with E-state index in [0.29, 0.717) is 0 Å². The van der Waals surface area contributed by atoms with Crippen LogP contribution in [0, 0.1) is 13.8 Å². The smallest absolute Gasteiger partial charge is 0.129 e. The fourth-order valence-corrected chi connectivity index (χ4v) is 2.65. The van der Waals surface area contributed by atoms with E-state index in [1.54, 1.807) is 7.11 Å². The Labute approximate surface area is 132 Å². The molecule has 0 unspecified atom stereocenters. The molecule has 0 radical (unpaired) electrons. The van der Waals surface area contributed by atoms with Crippen LogP contribution in [-0.4, -0.2) is 13.7 Å². The lowest BCUT2D eigenvalue weighted by atomic mass is 9.98. The van der Waals surface area contributed by atoms with Crippen LogP contribution in [0.25, 0.3) is 11.1 Å². The highest BCUT2D eigenvalue weighted by Gasteiger charge is 2.12. The minimum Gasteiger partial charge on any atom is -0.496 e. The van der Waals surface area contributed by atoms with Gasteiger partial charge in [-0.25, -0.2) is 0 Å². The Morgan fingerprint density at radius 1 is 1.14 bits per heavy atom. The molecule has 2 aromatic carbocycles. The number of methoxy groups -OCH3 is 1. The van der Waals surface area contributed by atoms with Gasteiger partial charge in [-0.3, -0.25) is 0 Å². The third kappa shape index (κ3) is 3.39. The van der Waals surface area contributed by atoms with Crippen LogP contribution in [0.15, 0.2) is 30.3 Å². The quantitative estimate of drug-likeness (QED) is 0.861. The largest absolute Gasteiger partial charge is 0.496 e. The number of halogens is 1. The molecule has 0 aliphatic rings. The van der Waals surface area contributed by atoms with Crippen molar-refractivity contribution >= 4 is 11.6 Å². The molecule has 0 saturated heterocycles. The highest BCUT2D eigenvalue weighted by molar-refractivity contribution is 6.31. The first-order valence-electron chi connectivity index (χ1n) is 7.22. The predicted molar refractivity (Wildman–Crippen MR) is 90.3 cm³/mol. The van der Waals surface area contributed by atoms with Crippen LogP contribution in [0.5, 0.6) is 5.75 Å². The molecule has 0 spiro atoms. The van der Waals surface area contributed by atoms with Gasteiger partial charge in [0.2, 0.25) is 0 Å². The van der Waals surface area contributed by atoms with Crippen LogP contribution in [0.1, 0.15) is 23.6 Å². The maximum absolute atomic E-state index is 6.40. The SMILES string of the molecule is CCNCc1ccc(-c2ccc(C)c(C)c2OC)cc1Cl. The van der Waals surface area contributed by atoms with Crippen molar-refractivity contribution in [2.24, 2.45) is 0 Å². The van der Waals surface area contributed by atoms with Crippen LogP contribution in [0.2, 0.25) is 5.02 Å². The first kappa shape index (κ1) is 15.9. The lowest BCUT2D eigenvalue weighted by Gasteiger charge is -2.15. The number of benzene rings is 2. The highest BCUT2D eigenvalue weighted by Crippen LogP contribution is 2.36. The summed E-state index contributed by atoms with van der Waals surface area (Å²) in [6.45, 7) is 7.98. The van der Waals surface area contributed by atoms with Crippen molar-refractivity contribution in [3.63, 3.8) is 0 Å². The summed E-state index contributed by atoms with van der Waals surface area (Å²) in [6.07, 6.45) is 0. The van der Waals surface area contributed by atoms with Crippen LogP contribution in [-0.2, 0) is 6.54 Å². The molecule has 0 aromatic heterocycles. The zero-order valence-corrected chi connectivity index (χ0v) is 13.8. The summed E-state index contributed by atoms with van der Waals surface area (Å²) < 4.78 is 5.59. The second-order valence-corrected chi connectivity index (χ2v) is 5.58. The normalized spacial score (nSPS) is 10.7. The number of hydrogen-bond donors (Lipinski definition) is 1. The molecule has 0 saturated carbocycles. The molecule has 112 valence electrons. The summed E-state index contributed by atoms with van der Waals surface area (Å²) in [5.41, 5.74) is 5.68. The lowest BCUT2D eigenvalue weighted by Crippen LogP contribution is -2.11. The van der Waals surface area contributed by atoms with Crippen LogP contribution in [0.3, 0.4) is 0 Å². The molecule has 2 rings (SSSR count). The first-order chi connectivity index (χ1) is 10.1. The van der Waals surface area contributed by atoms with E-state index in [9.17, 15) is 0 Å². The van der Waals surface area contributed by atoms with Crippen molar-refractivity contribution < 1.29 is 4.74 Å². The van der Waals surface area contributed by atoms with Crippen molar-refractivity contribution in [1.82, 2.24) is 5.32 Å². The standard InChI is InChI=1S/C18H22ClNO/c1-5-20-11-15-8-7-14(10-17(15)19)16-9-6-12(2)13(3)18(16)21-4/h6-10,20H,5,11H2,1-4H3. The zero-order chi connectivity index (χ0) is 15.4. The molecule has 3 heteroatoms. The minimum atomic E-state index is 0.786. The van der Waals surface area contributed by atoms with E-state index in [0.717, 1.165) is 40.6 Å². The molecule has 1 N–H and O–H groups in total. The molecule has 0 fully saturated rings. The van der Waals surface area contributed by atoms with Crippen molar-refractivity contribution in [2.45, 2.75) is 27.3 Å². The second-order valence-electron chi connectivity index (χ2n) is 5.17. The Hall–Kier alpha value is -1.51. The van der Waals surface area contributed by atoms with Gasteiger partial charge in [0.1, 0.15) is 5.75 Å². The van der Waals surface area contributed by atoms with E-state index in [-0.39, 0.29) is 0 Å². The van der Waals surface area contributed by atoms with E-state index in [4.69, 9.17) is 16.3 Å². The number of aryl methyl sites for hydroxylation is 1. The Balaban J connectivity index is 2.43. The molecule has 21 heavy (non-hydrogen) atoms. The van der Waals surface area contributed by atoms with E-state index in [1.807, 2.05) is 6.07 Å². The summed E-state index contributed by atoms with van der Waals surface area (Å²) in [4.78, 5) is 0. The number of nitrogens with one attached hydrogen (secondary N) is 1. The van der Waals surface area contributed by atoms with Gasteiger partial charge < -0.3 is 10.1 Å². The summed E-state index contributed by atoms with van der Waals surface area (Å²) in [5.74, 6) is 0.922. The fraction of sp³-hybridized carbons (Fsp3) is 0.333. The molecule has 0 amide bonds. The number of hydrogen-bond acceptors (Lipinski definition) is 2. The maximum atomic E-state index is 6.40. The minimum absolute atomic E-state index is 0.786. The highest BCUT2D eigenvalue weighted by atomic mass is 35.5. The van der Waals surface area contributed by atoms with E-state index in [2.05, 4.69) is 50.4 Å². The number of ether oxygens (including phenoxy) is 1. The van der Waals surface area contributed by atoms with Gasteiger partial charge in [-0.15, -0.1) is 0 Å². The predicted octanol–water partition coefficient (Wildman–Crippen LogP) is 4.74. The van der Waals surface area contributed by atoms with Crippen LogP contribution in [0.4, 0.5) is 0 Å². The van der Waals surface area contributed by atoms with Gasteiger partial charge in [0, 0.05) is 17.1 Å².